The van der Waals surface area contributed by atoms with E-state index < -0.39 is 22.5 Å². The Bertz CT molecular complexity index is 979. The highest BCUT2D eigenvalue weighted by molar-refractivity contribution is 9.10. The number of hydrogen-bond acceptors (Lipinski definition) is 6. The zero-order chi connectivity index (χ0) is 20.7. The van der Waals surface area contributed by atoms with E-state index in [1.54, 1.807) is 43.3 Å². The van der Waals surface area contributed by atoms with Crippen molar-refractivity contribution in [2.75, 3.05) is 23.7 Å². The number of phenols is 1. The molecule has 0 heterocycles. The Balaban J connectivity index is 2.07. The van der Waals surface area contributed by atoms with E-state index in [1.165, 1.54) is 12.3 Å². The molecule has 2 rings (SSSR count). The Labute approximate surface area is 172 Å². The van der Waals surface area contributed by atoms with E-state index >= 15 is 0 Å². The zero-order valence-corrected chi connectivity index (χ0v) is 17.7. The van der Waals surface area contributed by atoms with Gasteiger partial charge < -0.3 is 9.84 Å². The SMILES string of the molecule is CCOc1cc(/C=N\NC(=O)CN(c2cccc(Br)c2)S(C)(=O)=O)ccc1O. The molecule has 2 aromatic carbocycles. The highest BCUT2D eigenvalue weighted by Crippen LogP contribution is 2.26. The molecule has 150 valence electrons. The van der Waals surface area contributed by atoms with Crippen molar-refractivity contribution in [3.05, 3.63) is 52.5 Å². The number of aromatic hydroxyl groups is 1. The van der Waals surface area contributed by atoms with Gasteiger partial charge in [0.15, 0.2) is 11.5 Å². The summed E-state index contributed by atoms with van der Waals surface area (Å²) in [7, 11) is -3.67. The standard InChI is InChI=1S/C18H20BrN3O5S/c1-3-27-17-9-13(7-8-16(17)23)11-20-21-18(24)12-22(28(2,25)26)15-6-4-5-14(19)10-15/h4-11,23H,3,12H2,1-2H3,(H,21,24)/b20-11-. The first kappa shape index (κ1) is 21.7. The third kappa shape index (κ3) is 6.24. The number of rotatable bonds is 8. The first-order valence-corrected chi connectivity index (χ1v) is 10.9. The molecule has 0 aromatic heterocycles. The lowest BCUT2D eigenvalue weighted by atomic mass is 10.2. The molecule has 0 aliphatic rings. The fourth-order valence-corrected chi connectivity index (χ4v) is 3.49. The van der Waals surface area contributed by atoms with Crippen molar-refractivity contribution in [1.82, 2.24) is 5.43 Å². The number of carbonyl (C=O) groups is 1. The van der Waals surface area contributed by atoms with Crippen LogP contribution in [0.3, 0.4) is 0 Å². The summed E-state index contributed by atoms with van der Waals surface area (Å²) in [4.78, 5) is 12.2. The predicted molar refractivity (Wildman–Crippen MR) is 111 cm³/mol. The first-order valence-electron chi connectivity index (χ1n) is 8.21. The number of amides is 1. The highest BCUT2D eigenvalue weighted by Gasteiger charge is 2.20. The fourth-order valence-electron chi connectivity index (χ4n) is 2.26. The summed E-state index contributed by atoms with van der Waals surface area (Å²) in [6, 6.07) is 11.2. The van der Waals surface area contributed by atoms with Gasteiger partial charge in [-0.05, 0) is 48.9 Å². The second kappa shape index (κ2) is 9.56. The number of sulfonamides is 1. The number of benzene rings is 2. The normalized spacial score (nSPS) is 11.4. The maximum atomic E-state index is 12.2. The lowest BCUT2D eigenvalue weighted by Crippen LogP contribution is -2.39. The van der Waals surface area contributed by atoms with Crippen molar-refractivity contribution in [2.24, 2.45) is 5.10 Å². The molecule has 0 saturated heterocycles. The smallest absolute Gasteiger partial charge is 0.260 e. The maximum absolute atomic E-state index is 12.2. The highest BCUT2D eigenvalue weighted by atomic mass is 79.9. The summed E-state index contributed by atoms with van der Waals surface area (Å²) in [5.74, 6) is -0.304. The van der Waals surface area contributed by atoms with Gasteiger partial charge in [-0.1, -0.05) is 22.0 Å². The zero-order valence-electron chi connectivity index (χ0n) is 15.3. The molecule has 2 N–H and O–H groups in total. The number of halogens is 1. The largest absolute Gasteiger partial charge is 0.504 e. The number of ether oxygens (including phenoxy) is 1. The quantitative estimate of drug-likeness (QED) is 0.455. The summed E-state index contributed by atoms with van der Waals surface area (Å²) < 4.78 is 31.1. The fraction of sp³-hybridized carbons (Fsp3) is 0.222. The van der Waals surface area contributed by atoms with Crippen LogP contribution in [-0.4, -0.2) is 45.1 Å². The van der Waals surface area contributed by atoms with Gasteiger partial charge in [-0.15, -0.1) is 0 Å². The summed E-state index contributed by atoms with van der Waals surface area (Å²) in [6.45, 7) is 1.76. The Hall–Kier alpha value is -2.59. The van der Waals surface area contributed by atoms with Gasteiger partial charge in [0.1, 0.15) is 6.54 Å². The van der Waals surface area contributed by atoms with Gasteiger partial charge in [-0.3, -0.25) is 9.10 Å². The Morgan fingerprint density at radius 1 is 1.32 bits per heavy atom. The summed E-state index contributed by atoms with van der Waals surface area (Å²) in [5.41, 5.74) is 3.24. The number of hydrazone groups is 1. The van der Waals surface area contributed by atoms with Crippen molar-refractivity contribution in [1.29, 1.82) is 0 Å². The van der Waals surface area contributed by atoms with E-state index in [0.717, 1.165) is 10.6 Å². The minimum Gasteiger partial charge on any atom is -0.504 e. The van der Waals surface area contributed by atoms with E-state index in [4.69, 9.17) is 4.74 Å². The lowest BCUT2D eigenvalue weighted by molar-refractivity contribution is -0.119. The van der Waals surface area contributed by atoms with E-state index in [9.17, 15) is 18.3 Å². The van der Waals surface area contributed by atoms with Crippen LogP contribution in [0.15, 0.2) is 52.0 Å². The molecule has 0 radical (unpaired) electrons. The molecule has 0 unspecified atom stereocenters. The van der Waals surface area contributed by atoms with Crippen molar-refractivity contribution < 1.29 is 23.1 Å². The number of anilines is 1. The Morgan fingerprint density at radius 3 is 2.71 bits per heavy atom. The van der Waals surface area contributed by atoms with Crippen LogP contribution >= 0.6 is 15.9 Å². The van der Waals surface area contributed by atoms with Gasteiger partial charge in [0.2, 0.25) is 10.0 Å². The molecule has 8 nitrogen and oxygen atoms in total. The third-order valence-corrected chi connectivity index (χ3v) is 5.10. The first-order chi connectivity index (χ1) is 13.2. The summed E-state index contributed by atoms with van der Waals surface area (Å²) >= 11 is 3.28. The molecule has 0 atom stereocenters. The minimum absolute atomic E-state index is 0.000789. The molecule has 0 aliphatic heterocycles. The van der Waals surface area contributed by atoms with Crippen molar-refractivity contribution in [3.63, 3.8) is 0 Å². The van der Waals surface area contributed by atoms with E-state index in [2.05, 4.69) is 26.5 Å². The second-order valence-electron chi connectivity index (χ2n) is 5.70. The molecule has 0 aliphatic carbocycles. The average molecular weight is 470 g/mol. The maximum Gasteiger partial charge on any atom is 0.260 e. The number of nitrogens with one attached hydrogen (secondary N) is 1. The van der Waals surface area contributed by atoms with Crippen molar-refractivity contribution in [3.8, 4) is 11.5 Å². The Kier molecular flexibility index (Phi) is 7.41. The summed E-state index contributed by atoms with van der Waals surface area (Å²) in [6.07, 6.45) is 2.39. The van der Waals surface area contributed by atoms with Gasteiger partial charge in [0.25, 0.3) is 5.91 Å². The van der Waals surface area contributed by atoms with Crippen molar-refractivity contribution in [2.45, 2.75) is 6.92 Å². The van der Waals surface area contributed by atoms with Gasteiger partial charge in [-0.2, -0.15) is 5.10 Å². The number of carbonyl (C=O) groups excluding carboxylic acids is 1. The predicted octanol–water partition coefficient (Wildman–Crippen LogP) is 2.47. The number of hydrogen-bond donors (Lipinski definition) is 2. The van der Waals surface area contributed by atoms with Crippen LogP contribution in [0.1, 0.15) is 12.5 Å². The van der Waals surface area contributed by atoms with Crippen molar-refractivity contribution >= 4 is 43.8 Å². The van der Waals surface area contributed by atoms with Gasteiger partial charge in [-0.25, -0.2) is 13.8 Å². The molecule has 0 saturated carbocycles. The molecule has 0 fully saturated rings. The monoisotopic (exact) mass is 469 g/mol. The van der Waals surface area contributed by atoms with Crippen LogP contribution in [0.4, 0.5) is 5.69 Å². The molecule has 2 aromatic rings. The number of nitrogens with zero attached hydrogens (tertiary/aromatic N) is 2. The van der Waals surface area contributed by atoms with E-state index in [-0.39, 0.29) is 5.75 Å². The van der Waals surface area contributed by atoms with Gasteiger partial charge >= 0.3 is 0 Å². The molecule has 0 bridgehead atoms. The summed E-state index contributed by atoms with van der Waals surface area (Å²) in [5, 5.41) is 13.5. The van der Waals surface area contributed by atoms with Crippen LogP contribution in [0.25, 0.3) is 0 Å². The molecular weight excluding hydrogens is 450 g/mol. The minimum atomic E-state index is -3.67. The third-order valence-electron chi connectivity index (χ3n) is 3.47. The second-order valence-corrected chi connectivity index (χ2v) is 8.53. The van der Waals surface area contributed by atoms with Crippen LogP contribution < -0.4 is 14.5 Å². The molecule has 28 heavy (non-hydrogen) atoms. The van der Waals surface area contributed by atoms with Gasteiger partial charge in [0.05, 0.1) is 24.8 Å². The number of phenolic OH excluding ortho intramolecular Hbond substituents is 1. The van der Waals surface area contributed by atoms with Crippen LogP contribution in [-0.2, 0) is 14.8 Å². The van der Waals surface area contributed by atoms with E-state index in [1.807, 2.05) is 0 Å². The van der Waals surface area contributed by atoms with Gasteiger partial charge in [0, 0.05) is 4.47 Å². The Morgan fingerprint density at radius 2 is 2.07 bits per heavy atom. The van der Waals surface area contributed by atoms with Crippen LogP contribution in [0, 0.1) is 0 Å². The molecule has 10 heteroatoms. The van der Waals surface area contributed by atoms with E-state index in [0.29, 0.717) is 28.1 Å². The molecule has 1 amide bonds. The topological polar surface area (TPSA) is 108 Å². The molecular formula is C18H20BrN3O5S. The lowest BCUT2D eigenvalue weighted by Gasteiger charge is -2.21. The van der Waals surface area contributed by atoms with Crippen LogP contribution in [0.5, 0.6) is 11.5 Å². The molecule has 0 spiro atoms. The average Bonchev–Trinajstić information content (AvgIpc) is 2.61. The van der Waals surface area contributed by atoms with Crippen LogP contribution in [0.2, 0.25) is 0 Å².